The van der Waals surface area contributed by atoms with E-state index in [1.807, 2.05) is 0 Å². The van der Waals surface area contributed by atoms with Crippen LogP contribution < -0.4 is 0 Å². The predicted molar refractivity (Wildman–Crippen MR) is 87.8 cm³/mol. The first-order valence-corrected chi connectivity index (χ1v) is 10.4. The van der Waals surface area contributed by atoms with Crippen LogP contribution in [0.4, 0.5) is 0 Å². The zero-order chi connectivity index (χ0) is 20.1. The Labute approximate surface area is 144 Å². The van der Waals surface area contributed by atoms with Gasteiger partial charge in [0.1, 0.15) is 13.2 Å². The lowest BCUT2D eigenvalue weighted by atomic mass is 9.95. The van der Waals surface area contributed by atoms with E-state index in [-0.39, 0.29) is 11.1 Å². The number of ether oxygens (including phenoxy) is 2. The maximum atomic E-state index is 11.5. The summed E-state index contributed by atoms with van der Waals surface area (Å²) in [5.41, 5.74) is -2.05. The fourth-order valence-electron chi connectivity index (χ4n) is 1.83. The van der Waals surface area contributed by atoms with E-state index in [2.05, 4.69) is 13.2 Å². The van der Waals surface area contributed by atoms with Crippen molar-refractivity contribution in [3.63, 3.8) is 0 Å². The van der Waals surface area contributed by atoms with Crippen LogP contribution in [0.2, 0.25) is 0 Å². The van der Waals surface area contributed by atoms with Gasteiger partial charge in [-0.1, -0.05) is 13.2 Å². The molecule has 0 aromatic heterocycles. The molecule has 0 heterocycles. The highest BCUT2D eigenvalue weighted by molar-refractivity contribution is 7.53. The van der Waals surface area contributed by atoms with Gasteiger partial charge in [-0.3, -0.25) is 9.13 Å². The van der Waals surface area contributed by atoms with Crippen LogP contribution in [0.3, 0.4) is 0 Å². The van der Waals surface area contributed by atoms with Crippen LogP contribution in [0.1, 0.15) is 13.8 Å². The molecule has 0 aromatic carbocycles. The summed E-state index contributed by atoms with van der Waals surface area (Å²) in [5.74, 6) is -1.85. The molecule has 0 fully saturated rings. The van der Waals surface area contributed by atoms with Gasteiger partial charge >= 0.3 is 27.1 Å². The fourth-order valence-corrected chi connectivity index (χ4v) is 4.34. The molecule has 144 valence electrons. The smallest absolute Gasteiger partial charge is 0.333 e. The third kappa shape index (κ3) is 10.3. The predicted octanol–water partition coefficient (Wildman–Crippen LogP) is 0.567. The Morgan fingerprint density at radius 2 is 1.12 bits per heavy atom. The maximum Gasteiger partial charge on any atom is 0.333 e. The standard InChI is InChI=1S/C13H22O10P2/c1-9(2)11(14)22-5-13(7-24(16,17)18,8-25(19,20)21)6-23-12(15)10(3)4/h1,3,5-8H2,2,4H3,(H2,16,17,18)(H2,19,20,21). The third-order valence-electron chi connectivity index (χ3n) is 2.80. The van der Waals surface area contributed by atoms with Gasteiger partial charge in [-0.2, -0.15) is 0 Å². The van der Waals surface area contributed by atoms with Crippen LogP contribution in [-0.4, -0.2) is 57.0 Å². The Kier molecular flexibility index (Phi) is 8.44. The summed E-state index contributed by atoms with van der Waals surface area (Å²) < 4.78 is 32.5. The van der Waals surface area contributed by atoms with Crippen molar-refractivity contribution >= 4 is 27.1 Å². The molecule has 0 aromatic rings. The summed E-state index contributed by atoms with van der Waals surface area (Å²) in [6.45, 7) is 7.69. The highest BCUT2D eigenvalue weighted by Gasteiger charge is 2.44. The molecule has 0 bridgehead atoms. The van der Waals surface area contributed by atoms with Crippen molar-refractivity contribution in [2.24, 2.45) is 5.41 Å². The van der Waals surface area contributed by atoms with E-state index in [4.69, 9.17) is 9.47 Å². The number of hydrogen-bond acceptors (Lipinski definition) is 6. The molecule has 0 aliphatic carbocycles. The molecule has 0 unspecified atom stereocenters. The molecular formula is C13H22O10P2. The minimum absolute atomic E-state index is 0.0276. The van der Waals surface area contributed by atoms with E-state index in [0.717, 1.165) is 0 Å². The minimum atomic E-state index is -4.81. The Hall–Kier alpha value is -1.28. The van der Waals surface area contributed by atoms with E-state index in [9.17, 15) is 38.3 Å². The first kappa shape index (κ1) is 23.7. The molecule has 25 heavy (non-hydrogen) atoms. The third-order valence-corrected chi connectivity index (χ3v) is 4.96. The molecule has 0 spiro atoms. The molecule has 0 atom stereocenters. The van der Waals surface area contributed by atoms with Crippen LogP contribution in [0.5, 0.6) is 0 Å². The van der Waals surface area contributed by atoms with Crippen LogP contribution in [0, 0.1) is 5.41 Å². The number of carbonyl (C=O) groups is 2. The second-order valence-corrected chi connectivity index (χ2v) is 9.15. The molecule has 4 N–H and O–H groups in total. The van der Waals surface area contributed by atoms with Crippen LogP contribution >= 0.6 is 15.2 Å². The van der Waals surface area contributed by atoms with Crippen molar-refractivity contribution in [2.75, 3.05) is 25.5 Å². The van der Waals surface area contributed by atoms with Crippen molar-refractivity contribution in [3.8, 4) is 0 Å². The number of esters is 2. The average molecular weight is 400 g/mol. The molecule has 0 aliphatic rings. The molecule has 10 nitrogen and oxygen atoms in total. The van der Waals surface area contributed by atoms with Crippen molar-refractivity contribution in [1.82, 2.24) is 0 Å². The van der Waals surface area contributed by atoms with Crippen molar-refractivity contribution in [2.45, 2.75) is 13.8 Å². The maximum absolute atomic E-state index is 11.5. The highest BCUT2D eigenvalue weighted by Crippen LogP contribution is 2.49. The summed E-state index contributed by atoms with van der Waals surface area (Å²) in [6, 6.07) is 0. The number of carbonyl (C=O) groups excluding carboxylic acids is 2. The molecular weight excluding hydrogens is 378 g/mol. The van der Waals surface area contributed by atoms with Gasteiger partial charge in [-0.25, -0.2) is 9.59 Å². The van der Waals surface area contributed by atoms with E-state index in [1.165, 1.54) is 13.8 Å². The Bertz CT molecular complexity index is 585. The molecule has 0 amide bonds. The van der Waals surface area contributed by atoms with Gasteiger partial charge in [0, 0.05) is 11.1 Å². The molecule has 0 radical (unpaired) electrons. The number of hydrogen-bond donors (Lipinski definition) is 4. The Morgan fingerprint density at radius 3 is 1.32 bits per heavy atom. The van der Waals surface area contributed by atoms with E-state index in [0.29, 0.717) is 0 Å². The van der Waals surface area contributed by atoms with Crippen molar-refractivity contribution in [3.05, 3.63) is 24.3 Å². The zero-order valence-electron chi connectivity index (χ0n) is 13.9. The summed E-state index contributed by atoms with van der Waals surface area (Å²) in [6.07, 6.45) is -2.14. The Morgan fingerprint density at radius 1 is 0.840 bits per heavy atom. The monoisotopic (exact) mass is 400 g/mol. The van der Waals surface area contributed by atoms with Gasteiger partial charge in [0.2, 0.25) is 0 Å². The second kappa shape index (κ2) is 8.89. The fraction of sp³-hybridized carbons (Fsp3) is 0.538. The lowest BCUT2D eigenvalue weighted by molar-refractivity contribution is -0.147. The summed E-state index contributed by atoms with van der Waals surface area (Å²) >= 11 is 0. The quantitative estimate of drug-likeness (QED) is 0.231. The van der Waals surface area contributed by atoms with Gasteiger partial charge < -0.3 is 29.0 Å². The summed E-state index contributed by atoms with van der Waals surface area (Å²) in [7, 11) is -9.62. The molecule has 12 heteroatoms. The van der Waals surface area contributed by atoms with Gasteiger partial charge in [-0.05, 0) is 13.8 Å². The topological polar surface area (TPSA) is 168 Å². The molecule has 0 saturated carbocycles. The Balaban J connectivity index is 5.68. The first-order chi connectivity index (χ1) is 11.1. The SMILES string of the molecule is C=C(C)C(=O)OCC(COC(=O)C(=C)C)(CP(=O)(O)O)CP(=O)(O)O. The zero-order valence-corrected chi connectivity index (χ0v) is 15.7. The molecule has 0 aliphatic heterocycles. The highest BCUT2D eigenvalue weighted by atomic mass is 31.2. The van der Waals surface area contributed by atoms with Gasteiger partial charge in [0.25, 0.3) is 0 Å². The lowest BCUT2D eigenvalue weighted by Gasteiger charge is -2.32. The first-order valence-electron chi connectivity index (χ1n) is 6.81. The average Bonchev–Trinajstić information content (AvgIpc) is 2.38. The summed E-state index contributed by atoms with van der Waals surface area (Å²) in [4.78, 5) is 60.0. The normalized spacial score (nSPS) is 12.4. The van der Waals surface area contributed by atoms with E-state index in [1.54, 1.807) is 0 Å². The van der Waals surface area contributed by atoms with E-state index >= 15 is 0 Å². The van der Waals surface area contributed by atoms with Crippen LogP contribution in [0.25, 0.3) is 0 Å². The van der Waals surface area contributed by atoms with Gasteiger partial charge in [0.05, 0.1) is 17.7 Å². The molecule has 0 rings (SSSR count). The van der Waals surface area contributed by atoms with Crippen molar-refractivity contribution in [1.29, 1.82) is 0 Å². The van der Waals surface area contributed by atoms with Crippen LogP contribution in [0.15, 0.2) is 24.3 Å². The number of rotatable bonds is 10. The van der Waals surface area contributed by atoms with Gasteiger partial charge in [0.15, 0.2) is 0 Å². The molecule has 0 saturated heterocycles. The lowest BCUT2D eigenvalue weighted by Crippen LogP contribution is -2.41. The van der Waals surface area contributed by atoms with Crippen molar-refractivity contribution < 1.29 is 47.8 Å². The van der Waals surface area contributed by atoms with E-state index < -0.39 is 58.1 Å². The summed E-state index contributed by atoms with van der Waals surface area (Å²) in [5, 5.41) is 0. The largest absolute Gasteiger partial charge is 0.462 e. The van der Waals surface area contributed by atoms with Crippen LogP contribution in [-0.2, 0) is 28.2 Å². The van der Waals surface area contributed by atoms with Gasteiger partial charge in [-0.15, -0.1) is 0 Å². The second-order valence-electron chi connectivity index (χ2n) is 5.86. The minimum Gasteiger partial charge on any atom is -0.462 e.